The molecule has 4 nitrogen and oxygen atoms in total. The summed E-state index contributed by atoms with van der Waals surface area (Å²) in [5.41, 5.74) is 2.67. The number of ether oxygens (including phenoxy) is 1. The molecule has 0 heterocycles. The number of benzene rings is 1. The fraction of sp³-hybridized carbons (Fsp3) is 0.364. The molecule has 0 saturated heterocycles. The summed E-state index contributed by atoms with van der Waals surface area (Å²) in [6.07, 6.45) is -6.25. The number of rotatable bonds is 4. The van der Waals surface area contributed by atoms with Gasteiger partial charge < -0.3 is 4.74 Å². The number of nitrogens with two attached hydrogens (primary N) is 1. The molecule has 1 rings (SSSR count). The molecular formula is C11H13F3N2O2. The minimum atomic E-state index is -4.40. The second-order valence-electron chi connectivity index (χ2n) is 3.67. The summed E-state index contributed by atoms with van der Waals surface area (Å²) in [5.74, 6) is 4.44. The molecule has 7 heteroatoms. The van der Waals surface area contributed by atoms with Crippen molar-refractivity contribution in [3.8, 4) is 0 Å². The number of hydrogen-bond acceptors (Lipinski definition) is 3. The van der Waals surface area contributed by atoms with Gasteiger partial charge in [-0.05, 0) is 24.6 Å². The standard InChI is InChI=1S/C11H13F3N2O2/c1-7(11(12,13)14)18-6-8-3-2-4-9(5-8)10(17)16-15/h2-5,7H,6,15H2,1H3,(H,16,17). The third-order valence-electron chi connectivity index (χ3n) is 2.28. The predicted octanol–water partition coefficient (Wildman–Crippen LogP) is 1.76. The first-order valence-electron chi connectivity index (χ1n) is 5.13. The van der Waals surface area contributed by atoms with Crippen LogP contribution in [0.25, 0.3) is 0 Å². The highest BCUT2D eigenvalue weighted by atomic mass is 19.4. The maximum atomic E-state index is 12.2. The molecule has 1 aromatic carbocycles. The second-order valence-corrected chi connectivity index (χ2v) is 3.67. The maximum Gasteiger partial charge on any atom is 0.414 e. The van der Waals surface area contributed by atoms with E-state index in [-0.39, 0.29) is 12.2 Å². The molecular weight excluding hydrogens is 249 g/mol. The fourth-order valence-electron chi connectivity index (χ4n) is 1.20. The summed E-state index contributed by atoms with van der Waals surface area (Å²) >= 11 is 0. The van der Waals surface area contributed by atoms with Crippen LogP contribution in [0.2, 0.25) is 0 Å². The van der Waals surface area contributed by atoms with Gasteiger partial charge in [0.1, 0.15) is 0 Å². The Morgan fingerprint density at radius 3 is 2.72 bits per heavy atom. The lowest BCUT2D eigenvalue weighted by atomic mass is 10.1. The maximum absolute atomic E-state index is 12.2. The van der Waals surface area contributed by atoms with Crippen LogP contribution in [0.15, 0.2) is 24.3 Å². The van der Waals surface area contributed by atoms with Crippen LogP contribution in [0.1, 0.15) is 22.8 Å². The second kappa shape index (κ2) is 5.83. The Morgan fingerprint density at radius 1 is 1.50 bits per heavy atom. The number of amides is 1. The van der Waals surface area contributed by atoms with Gasteiger partial charge in [-0.3, -0.25) is 10.2 Å². The van der Waals surface area contributed by atoms with E-state index in [2.05, 4.69) is 4.74 Å². The smallest absolute Gasteiger partial charge is 0.364 e. The van der Waals surface area contributed by atoms with E-state index in [0.717, 1.165) is 6.92 Å². The number of hydrogen-bond donors (Lipinski definition) is 2. The average molecular weight is 262 g/mol. The van der Waals surface area contributed by atoms with Crippen LogP contribution in [-0.4, -0.2) is 18.2 Å². The van der Waals surface area contributed by atoms with Gasteiger partial charge in [-0.25, -0.2) is 5.84 Å². The summed E-state index contributed by atoms with van der Waals surface area (Å²) in [6, 6.07) is 6.03. The van der Waals surface area contributed by atoms with Gasteiger partial charge in [0.25, 0.3) is 5.91 Å². The van der Waals surface area contributed by atoms with Crippen molar-refractivity contribution >= 4 is 5.91 Å². The van der Waals surface area contributed by atoms with Crippen LogP contribution in [0.4, 0.5) is 13.2 Å². The minimum absolute atomic E-state index is 0.230. The monoisotopic (exact) mass is 262 g/mol. The number of hydrazine groups is 1. The molecule has 0 aromatic heterocycles. The third kappa shape index (κ3) is 4.01. The van der Waals surface area contributed by atoms with E-state index in [9.17, 15) is 18.0 Å². The Bertz CT molecular complexity index is 421. The number of carbonyl (C=O) groups excluding carboxylic acids is 1. The number of carbonyl (C=O) groups is 1. The van der Waals surface area contributed by atoms with Crippen molar-refractivity contribution < 1.29 is 22.7 Å². The highest BCUT2D eigenvalue weighted by Crippen LogP contribution is 2.23. The van der Waals surface area contributed by atoms with E-state index in [4.69, 9.17) is 5.84 Å². The number of halogens is 3. The van der Waals surface area contributed by atoms with Crippen molar-refractivity contribution in [1.82, 2.24) is 5.43 Å². The molecule has 0 bridgehead atoms. The highest BCUT2D eigenvalue weighted by Gasteiger charge is 2.36. The molecule has 1 aromatic rings. The summed E-state index contributed by atoms with van der Waals surface area (Å²) in [4.78, 5) is 11.2. The van der Waals surface area contributed by atoms with Crippen molar-refractivity contribution in [2.75, 3.05) is 0 Å². The summed E-state index contributed by atoms with van der Waals surface area (Å²) in [7, 11) is 0. The molecule has 0 radical (unpaired) electrons. The van der Waals surface area contributed by atoms with Crippen LogP contribution in [-0.2, 0) is 11.3 Å². The van der Waals surface area contributed by atoms with Gasteiger partial charge in [-0.1, -0.05) is 12.1 Å². The van der Waals surface area contributed by atoms with Gasteiger partial charge >= 0.3 is 6.18 Å². The molecule has 0 aliphatic rings. The average Bonchev–Trinajstić information content (AvgIpc) is 2.34. The molecule has 0 fully saturated rings. The van der Waals surface area contributed by atoms with Gasteiger partial charge in [0.05, 0.1) is 6.61 Å². The Balaban J connectivity index is 2.66. The van der Waals surface area contributed by atoms with Crippen LogP contribution in [0, 0.1) is 0 Å². The van der Waals surface area contributed by atoms with Crippen LogP contribution in [0.5, 0.6) is 0 Å². The predicted molar refractivity (Wildman–Crippen MR) is 58.4 cm³/mol. The van der Waals surface area contributed by atoms with E-state index < -0.39 is 18.2 Å². The van der Waals surface area contributed by atoms with E-state index >= 15 is 0 Å². The van der Waals surface area contributed by atoms with Crippen LogP contribution < -0.4 is 11.3 Å². The van der Waals surface area contributed by atoms with Gasteiger partial charge in [0.15, 0.2) is 6.10 Å². The van der Waals surface area contributed by atoms with Crippen LogP contribution in [0.3, 0.4) is 0 Å². The Hall–Kier alpha value is -1.60. The molecule has 1 atom stereocenters. The Kier molecular flexibility index (Phi) is 4.69. The van der Waals surface area contributed by atoms with E-state index in [1.807, 2.05) is 5.43 Å². The zero-order valence-electron chi connectivity index (χ0n) is 9.62. The zero-order valence-corrected chi connectivity index (χ0v) is 9.62. The SMILES string of the molecule is CC(OCc1cccc(C(=O)NN)c1)C(F)(F)F. The van der Waals surface area contributed by atoms with Gasteiger partial charge in [-0.2, -0.15) is 13.2 Å². The van der Waals surface area contributed by atoms with E-state index in [1.54, 1.807) is 12.1 Å². The Labute approximate surface area is 102 Å². The minimum Gasteiger partial charge on any atom is -0.364 e. The zero-order chi connectivity index (χ0) is 13.8. The van der Waals surface area contributed by atoms with Crippen molar-refractivity contribution in [3.05, 3.63) is 35.4 Å². The van der Waals surface area contributed by atoms with Gasteiger partial charge in [-0.15, -0.1) is 0 Å². The molecule has 0 aliphatic carbocycles. The molecule has 0 spiro atoms. The van der Waals surface area contributed by atoms with Crippen molar-refractivity contribution in [2.24, 2.45) is 5.84 Å². The summed E-state index contributed by atoms with van der Waals surface area (Å²) in [5, 5.41) is 0. The topological polar surface area (TPSA) is 64.3 Å². The molecule has 0 saturated carbocycles. The van der Waals surface area contributed by atoms with Crippen LogP contribution >= 0.6 is 0 Å². The lowest BCUT2D eigenvalue weighted by molar-refractivity contribution is -0.217. The number of alkyl halides is 3. The number of nitrogen functional groups attached to an aromatic ring is 1. The quantitative estimate of drug-likeness (QED) is 0.493. The normalized spacial score (nSPS) is 13.2. The molecule has 0 aliphatic heterocycles. The van der Waals surface area contributed by atoms with E-state index in [1.165, 1.54) is 12.1 Å². The first-order valence-corrected chi connectivity index (χ1v) is 5.13. The lowest BCUT2D eigenvalue weighted by Crippen LogP contribution is -2.30. The first kappa shape index (κ1) is 14.5. The highest BCUT2D eigenvalue weighted by molar-refractivity contribution is 5.93. The lowest BCUT2D eigenvalue weighted by Gasteiger charge is -2.16. The van der Waals surface area contributed by atoms with Crippen molar-refractivity contribution in [2.45, 2.75) is 25.8 Å². The largest absolute Gasteiger partial charge is 0.414 e. The third-order valence-corrected chi connectivity index (χ3v) is 2.28. The molecule has 1 unspecified atom stereocenters. The van der Waals surface area contributed by atoms with Crippen molar-refractivity contribution in [1.29, 1.82) is 0 Å². The van der Waals surface area contributed by atoms with Gasteiger partial charge in [0.2, 0.25) is 0 Å². The fourth-order valence-corrected chi connectivity index (χ4v) is 1.20. The summed E-state index contributed by atoms with van der Waals surface area (Å²) in [6.45, 7) is 0.697. The summed E-state index contributed by atoms with van der Waals surface area (Å²) < 4.78 is 41.3. The number of nitrogens with one attached hydrogen (secondary N) is 1. The van der Waals surface area contributed by atoms with E-state index in [0.29, 0.717) is 5.56 Å². The van der Waals surface area contributed by atoms with Crippen molar-refractivity contribution in [3.63, 3.8) is 0 Å². The first-order chi connectivity index (χ1) is 8.34. The molecule has 18 heavy (non-hydrogen) atoms. The molecule has 100 valence electrons. The van der Waals surface area contributed by atoms with Gasteiger partial charge in [0, 0.05) is 5.56 Å². The molecule has 3 N–H and O–H groups in total. The Morgan fingerprint density at radius 2 is 2.17 bits per heavy atom. The molecule has 1 amide bonds.